The molecule has 2 heteroatoms. The van der Waals surface area contributed by atoms with Gasteiger partial charge in [-0.05, 0) is 52.6 Å². The number of hydrogen-bond donors (Lipinski definition) is 0. The molecule has 0 heterocycles. The van der Waals surface area contributed by atoms with E-state index >= 15 is 0 Å². The molecule has 0 bridgehead atoms. The summed E-state index contributed by atoms with van der Waals surface area (Å²) in [6.07, 6.45) is 5.14. The molecule has 0 aliphatic rings. The fraction of sp³-hybridized carbons (Fsp3) is 0.600. The summed E-state index contributed by atoms with van der Waals surface area (Å²) in [7, 11) is 0. The van der Waals surface area contributed by atoms with Crippen LogP contribution in [0.15, 0.2) is 24.3 Å². The largest absolute Gasteiger partial charge is 0.376 e. The summed E-state index contributed by atoms with van der Waals surface area (Å²) in [6.45, 7) is 6.16. The van der Waals surface area contributed by atoms with Crippen molar-refractivity contribution in [2.45, 2.75) is 46.1 Å². The van der Waals surface area contributed by atoms with Crippen LogP contribution >= 0.6 is 22.6 Å². The van der Waals surface area contributed by atoms with E-state index < -0.39 is 0 Å². The molecule has 1 unspecified atom stereocenters. The first-order chi connectivity index (χ1) is 8.26. The quantitative estimate of drug-likeness (QED) is 0.600. The van der Waals surface area contributed by atoms with Gasteiger partial charge in [-0.3, -0.25) is 0 Å². The predicted molar refractivity (Wildman–Crippen MR) is 82.1 cm³/mol. The highest BCUT2D eigenvalue weighted by Crippen LogP contribution is 2.14. The average molecular weight is 346 g/mol. The molecule has 1 nitrogen and oxygen atoms in total. The van der Waals surface area contributed by atoms with E-state index in [9.17, 15) is 0 Å². The molecular formula is C15H23IO. The molecule has 1 rings (SSSR count). The lowest BCUT2D eigenvalue weighted by Crippen LogP contribution is -2.08. The van der Waals surface area contributed by atoms with E-state index in [2.05, 4.69) is 60.7 Å². The lowest BCUT2D eigenvalue weighted by atomic mass is 10.0. The Hall–Kier alpha value is -0.0900. The molecule has 96 valence electrons. The molecule has 0 aliphatic carbocycles. The molecule has 0 fully saturated rings. The molecular weight excluding hydrogens is 323 g/mol. The lowest BCUT2D eigenvalue weighted by Gasteiger charge is -2.14. The minimum Gasteiger partial charge on any atom is -0.376 e. The smallest absolute Gasteiger partial charge is 0.0717 e. The standard InChI is InChI=1S/C15H23IO/c1-3-5-6-13(4-2)11-17-12-14-7-9-15(16)10-8-14/h7-10,13H,3-6,11-12H2,1-2H3. The molecule has 1 aromatic carbocycles. The number of hydrogen-bond acceptors (Lipinski definition) is 1. The van der Waals surface area contributed by atoms with Crippen molar-refractivity contribution < 1.29 is 4.74 Å². The Bertz CT molecular complexity index is 294. The van der Waals surface area contributed by atoms with Gasteiger partial charge in [0, 0.05) is 10.2 Å². The second-order valence-corrected chi connectivity index (χ2v) is 5.80. The summed E-state index contributed by atoms with van der Waals surface area (Å²) in [4.78, 5) is 0. The van der Waals surface area contributed by atoms with Gasteiger partial charge in [0.25, 0.3) is 0 Å². The maximum atomic E-state index is 5.81. The Kier molecular flexibility index (Phi) is 7.86. The number of benzene rings is 1. The van der Waals surface area contributed by atoms with E-state index in [0.29, 0.717) is 0 Å². The molecule has 0 saturated heterocycles. The number of ether oxygens (including phenoxy) is 1. The third-order valence-electron chi connectivity index (χ3n) is 3.08. The van der Waals surface area contributed by atoms with Gasteiger partial charge in [-0.25, -0.2) is 0 Å². The average Bonchev–Trinajstić information content (AvgIpc) is 2.36. The molecule has 0 amide bonds. The summed E-state index contributed by atoms with van der Waals surface area (Å²) in [5.74, 6) is 0.735. The maximum absolute atomic E-state index is 5.81. The van der Waals surface area contributed by atoms with Gasteiger partial charge in [-0.2, -0.15) is 0 Å². The van der Waals surface area contributed by atoms with Crippen LogP contribution in [-0.4, -0.2) is 6.61 Å². The van der Waals surface area contributed by atoms with E-state index in [1.54, 1.807) is 0 Å². The Labute approximate surface area is 119 Å². The SMILES string of the molecule is CCCCC(CC)COCc1ccc(I)cc1. The number of rotatable bonds is 8. The molecule has 0 aromatic heterocycles. The van der Waals surface area contributed by atoms with E-state index in [0.717, 1.165) is 19.1 Å². The van der Waals surface area contributed by atoms with Crippen molar-refractivity contribution in [1.82, 2.24) is 0 Å². The highest BCUT2D eigenvalue weighted by molar-refractivity contribution is 14.1. The van der Waals surface area contributed by atoms with Crippen LogP contribution in [0.3, 0.4) is 0 Å². The predicted octanol–water partition coefficient (Wildman–Crippen LogP) is 5.02. The third-order valence-corrected chi connectivity index (χ3v) is 3.80. The van der Waals surface area contributed by atoms with E-state index in [1.807, 2.05) is 0 Å². The highest BCUT2D eigenvalue weighted by atomic mass is 127. The van der Waals surface area contributed by atoms with E-state index in [1.165, 1.54) is 34.8 Å². The number of unbranched alkanes of at least 4 members (excludes halogenated alkanes) is 1. The molecule has 1 atom stereocenters. The van der Waals surface area contributed by atoms with Crippen LogP contribution in [0.25, 0.3) is 0 Å². The van der Waals surface area contributed by atoms with Gasteiger partial charge >= 0.3 is 0 Å². The van der Waals surface area contributed by atoms with E-state index in [4.69, 9.17) is 4.74 Å². The molecule has 0 N–H and O–H groups in total. The van der Waals surface area contributed by atoms with Crippen LogP contribution in [0.5, 0.6) is 0 Å². The molecule has 1 aromatic rings. The molecule has 0 aliphatic heterocycles. The monoisotopic (exact) mass is 346 g/mol. The minimum absolute atomic E-state index is 0.735. The lowest BCUT2D eigenvalue weighted by molar-refractivity contribution is 0.0820. The fourth-order valence-corrected chi connectivity index (χ4v) is 2.18. The summed E-state index contributed by atoms with van der Waals surface area (Å²) in [5.41, 5.74) is 1.27. The summed E-state index contributed by atoms with van der Waals surface area (Å²) in [5, 5.41) is 0. The summed E-state index contributed by atoms with van der Waals surface area (Å²) in [6, 6.07) is 8.56. The van der Waals surface area contributed by atoms with Crippen molar-refractivity contribution in [2.24, 2.45) is 5.92 Å². The number of halogens is 1. The highest BCUT2D eigenvalue weighted by Gasteiger charge is 2.05. The van der Waals surface area contributed by atoms with Gasteiger partial charge in [0.15, 0.2) is 0 Å². The Balaban J connectivity index is 2.23. The molecule has 0 spiro atoms. The first kappa shape index (κ1) is 15.0. The second kappa shape index (κ2) is 8.92. The zero-order chi connectivity index (χ0) is 12.5. The Morgan fingerprint density at radius 3 is 2.47 bits per heavy atom. The molecule has 0 saturated carbocycles. The van der Waals surface area contributed by atoms with Gasteiger partial charge < -0.3 is 4.74 Å². The van der Waals surface area contributed by atoms with Crippen molar-refractivity contribution in [2.75, 3.05) is 6.61 Å². The van der Waals surface area contributed by atoms with Crippen molar-refractivity contribution in [3.8, 4) is 0 Å². The molecule has 17 heavy (non-hydrogen) atoms. The minimum atomic E-state index is 0.735. The first-order valence-electron chi connectivity index (χ1n) is 6.58. The van der Waals surface area contributed by atoms with Crippen LogP contribution in [-0.2, 0) is 11.3 Å². The topological polar surface area (TPSA) is 9.23 Å². The van der Waals surface area contributed by atoms with Crippen LogP contribution in [0, 0.1) is 9.49 Å². The second-order valence-electron chi connectivity index (χ2n) is 4.56. The Morgan fingerprint density at radius 1 is 1.18 bits per heavy atom. The maximum Gasteiger partial charge on any atom is 0.0717 e. The van der Waals surface area contributed by atoms with E-state index in [-0.39, 0.29) is 0 Å². The van der Waals surface area contributed by atoms with Crippen molar-refractivity contribution >= 4 is 22.6 Å². The van der Waals surface area contributed by atoms with Crippen LogP contribution < -0.4 is 0 Å². The van der Waals surface area contributed by atoms with Crippen LogP contribution in [0.2, 0.25) is 0 Å². The molecule has 0 radical (unpaired) electrons. The zero-order valence-electron chi connectivity index (χ0n) is 10.9. The normalized spacial score (nSPS) is 12.6. The summed E-state index contributed by atoms with van der Waals surface area (Å²) >= 11 is 2.33. The van der Waals surface area contributed by atoms with Gasteiger partial charge in [-0.1, -0.05) is 45.2 Å². The van der Waals surface area contributed by atoms with Gasteiger partial charge in [0.2, 0.25) is 0 Å². The Morgan fingerprint density at radius 2 is 1.88 bits per heavy atom. The van der Waals surface area contributed by atoms with Gasteiger partial charge in [0.1, 0.15) is 0 Å². The van der Waals surface area contributed by atoms with Crippen molar-refractivity contribution in [1.29, 1.82) is 0 Å². The third kappa shape index (κ3) is 6.41. The van der Waals surface area contributed by atoms with Crippen molar-refractivity contribution in [3.63, 3.8) is 0 Å². The first-order valence-corrected chi connectivity index (χ1v) is 7.66. The van der Waals surface area contributed by atoms with Crippen LogP contribution in [0.1, 0.15) is 45.1 Å². The fourth-order valence-electron chi connectivity index (χ4n) is 1.82. The summed E-state index contributed by atoms with van der Waals surface area (Å²) < 4.78 is 7.09. The van der Waals surface area contributed by atoms with Crippen LogP contribution in [0.4, 0.5) is 0 Å². The van der Waals surface area contributed by atoms with Crippen molar-refractivity contribution in [3.05, 3.63) is 33.4 Å². The van der Waals surface area contributed by atoms with Gasteiger partial charge in [0.05, 0.1) is 6.61 Å². The zero-order valence-corrected chi connectivity index (χ0v) is 13.1. The van der Waals surface area contributed by atoms with Gasteiger partial charge in [-0.15, -0.1) is 0 Å².